The maximum absolute atomic E-state index is 2.45. The summed E-state index contributed by atoms with van der Waals surface area (Å²) in [4.78, 5) is 4.81. The minimum atomic E-state index is -0.544. The minimum Gasteiger partial charge on any atom is -0.310 e. The van der Waals surface area contributed by atoms with E-state index in [1.165, 1.54) is 189 Å². The minimum absolute atomic E-state index is 0.123. The molecule has 660 valence electrons. The molecule has 0 amide bonds. The molecule has 2 heteroatoms. The standard InChI is InChI=1S/C74H51N.C64H47N/c1-6-22-52(23-7-1)55-38-43-62(44-39-55)75(64-49-58(53-24-8-2-9-25-53)48-59(50-64)54-26-10-3-11-27-54)63-45-40-56(41-46-63)57-42-47-68-66(51-57)65-32-16-17-33-67(65)74(68)71-36-20-18-34-69(71)73(60-28-12-4-13-29-60,61-30-14-5-15-31-61)70-35-19-21-37-72(70)74;1-63(2)59-26-14-16-28-61(59)64(62-29-17-15-27-60(62)63)57-25-13-12-24-55(57)56-43-49(34-39-58(56)64)48-32-37-53(38-33-48)65(52-35-30-47(31-36-52)44-18-6-3-7-19-44)54-41-50(45-20-8-4-9-21-45)40-51(42-54)46-22-10-5-11-23-46/h1-51H;3-43H,1-2H3. The highest BCUT2D eigenvalue weighted by molar-refractivity contribution is 5.96. The van der Waals surface area contributed by atoms with E-state index >= 15 is 0 Å². The van der Waals surface area contributed by atoms with Crippen LogP contribution < -0.4 is 9.80 Å². The van der Waals surface area contributed by atoms with Gasteiger partial charge in [-0.05, 0) is 286 Å². The Morgan fingerprint density at radius 3 is 0.593 bits per heavy atom. The van der Waals surface area contributed by atoms with Crippen molar-refractivity contribution >= 4 is 34.1 Å². The smallest absolute Gasteiger partial charge is 0.0720 e. The fraction of sp³-hybridized carbons (Fsp3) is 0.0435. The summed E-state index contributed by atoms with van der Waals surface area (Å²) >= 11 is 0. The van der Waals surface area contributed by atoms with Crippen LogP contribution in [0, 0.1) is 0 Å². The van der Waals surface area contributed by atoms with E-state index in [9.17, 15) is 0 Å². The Bertz CT molecular complexity index is 8110. The molecular formula is C138H98N2. The average molecular weight is 1780 g/mol. The van der Waals surface area contributed by atoms with Gasteiger partial charge in [-0.1, -0.05) is 475 Å². The summed E-state index contributed by atoms with van der Waals surface area (Å²) in [6, 6.07) is 206. The Balaban J connectivity index is 0.000000149. The molecule has 22 aromatic carbocycles. The van der Waals surface area contributed by atoms with Crippen LogP contribution in [0.5, 0.6) is 0 Å². The Morgan fingerprint density at radius 2 is 0.314 bits per heavy atom. The molecule has 0 heterocycles. The summed E-state index contributed by atoms with van der Waals surface area (Å²) in [5, 5.41) is 0. The van der Waals surface area contributed by atoms with Crippen LogP contribution in [0.3, 0.4) is 0 Å². The fourth-order valence-corrected chi connectivity index (χ4v) is 23.9. The van der Waals surface area contributed by atoms with Gasteiger partial charge in [0.05, 0.1) is 16.2 Å². The van der Waals surface area contributed by atoms with Crippen LogP contribution in [-0.4, -0.2) is 0 Å². The molecule has 0 fully saturated rings. The second kappa shape index (κ2) is 35.0. The molecule has 0 unspecified atom stereocenters. The molecule has 0 bridgehead atoms. The first kappa shape index (κ1) is 84.2. The highest BCUT2D eigenvalue weighted by Crippen LogP contribution is 2.67. The van der Waals surface area contributed by atoms with E-state index in [0.717, 1.165) is 34.1 Å². The lowest BCUT2D eigenvalue weighted by atomic mass is 9.51. The van der Waals surface area contributed by atoms with Crippen molar-refractivity contribution in [2.24, 2.45) is 0 Å². The van der Waals surface area contributed by atoms with Crippen molar-refractivity contribution in [3.63, 3.8) is 0 Å². The van der Waals surface area contributed by atoms with Crippen molar-refractivity contribution in [3.05, 3.63) is 636 Å². The molecule has 0 radical (unpaired) electrons. The van der Waals surface area contributed by atoms with Gasteiger partial charge < -0.3 is 9.80 Å². The van der Waals surface area contributed by atoms with Crippen molar-refractivity contribution in [2.75, 3.05) is 9.80 Å². The van der Waals surface area contributed by atoms with Crippen molar-refractivity contribution < 1.29 is 0 Å². The van der Waals surface area contributed by atoms with Gasteiger partial charge >= 0.3 is 0 Å². The van der Waals surface area contributed by atoms with E-state index in [1.54, 1.807) is 0 Å². The Kier molecular flexibility index (Phi) is 21.0. The van der Waals surface area contributed by atoms with E-state index in [0.29, 0.717) is 0 Å². The highest BCUT2D eigenvalue weighted by atomic mass is 15.1. The summed E-state index contributed by atoms with van der Waals surface area (Å²) in [7, 11) is 0. The Labute approximate surface area is 820 Å². The van der Waals surface area contributed by atoms with Crippen molar-refractivity contribution in [2.45, 2.75) is 35.5 Å². The first-order chi connectivity index (χ1) is 69.2. The number of fused-ring (bicyclic) bond motifs is 18. The summed E-state index contributed by atoms with van der Waals surface area (Å²) < 4.78 is 0. The molecule has 4 aliphatic carbocycles. The van der Waals surface area contributed by atoms with Crippen LogP contribution in [0.1, 0.15) is 91.7 Å². The molecule has 0 N–H and O–H groups in total. The van der Waals surface area contributed by atoms with E-state index < -0.39 is 16.2 Å². The predicted molar refractivity (Wildman–Crippen MR) is 584 cm³/mol. The van der Waals surface area contributed by atoms with Gasteiger partial charge in [-0.2, -0.15) is 0 Å². The average Bonchev–Trinajstić information content (AvgIpc) is 1.35. The van der Waals surface area contributed by atoms with Gasteiger partial charge in [0.2, 0.25) is 0 Å². The SMILES string of the molecule is CC1(C)c2ccccc2C2(c3ccccc3-c3cc(-c4ccc(N(c5ccc(-c6ccccc6)cc5)c5cc(-c6ccccc6)cc(-c6ccccc6)c5)cc4)ccc32)c2ccccc21.c1ccc(-c2ccc(N(c3ccc(-c4ccc5c(c4)-c4ccccc4C54c5ccccc5C(c5ccccc5)(c5ccccc5)c5ccccc54)cc3)c3cc(-c4ccccc4)cc(-c4ccccc4)c3)cc2)cc1. The molecule has 140 heavy (non-hydrogen) atoms. The number of hydrogen-bond acceptors (Lipinski definition) is 2. The van der Waals surface area contributed by atoms with E-state index in [2.05, 4.69) is 582 Å². The number of anilines is 6. The molecule has 2 nitrogen and oxygen atoms in total. The number of rotatable bonds is 16. The summed E-state index contributed by atoms with van der Waals surface area (Å²) in [5.41, 5.74) is 47.7. The lowest BCUT2D eigenvalue weighted by molar-refractivity contribution is 0.563. The molecule has 0 saturated heterocycles. The van der Waals surface area contributed by atoms with Crippen molar-refractivity contribution in [1.29, 1.82) is 0 Å². The summed E-state index contributed by atoms with van der Waals surface area (Å²) in [5.74, 6) is 0. The number of hydrogen-bond donors (Lipinski definition) is 0. The normalized spacial score (nSPS) is 13.4. The molecule has 2 spiro atoms. The lowest BCUT2D eigenvalue weighted by Crippen LogP contribution is -2.44. The highest BCUT2D eigenvalue weighted by Gasteiger charge is 2.58. The first-order valence-corrected chi connectivity index (χ1v) is 48.8. The van der Waals surface area contributed by atoms with Gasteiger partial charge in [-0.3, -0.25) is 0 Å². The molecule has 0 aliphatic heterocycles. The van der Waals surface area contributed by atoms with E-state index in [-0.39, 0.29) is 5.41 Å². The Morgan fingerprint density at radius 1 is 0.121 bits per heavy atom. The molecule has 22 aromatic rings. The van der Waals surface area contributed by atoms with Crippen LogP contribution in [-0.2, 0) is 21.7 Å². The molecule has 0 saturated carbocycles. The van der Waals surface area contributed by atoms with Crippen LogP contribution >= 0.6 is 0 Å². The van der Waals surface area contributed by atoms with Crippen LogP contribution in [0.15, 0.2) is 558 Å². The second-order valence-corrected chi connectivity index (χ2v) is 38.0. The monoisotopic (exact) mass is 1780 g/mol. The molecule has 0 aromatic heterocycles. The van der Waals surface area contributed by atoms with Gasteiger partial charge in [-0.15, -0.1) is 0 Å². The van der Waals surface area contributed by atoms with E-state index in [4.69, 9.17) is 0 Å². The zero-order valence-electron chi connectivity index (χ0n) is 78.0. The zero-order chi connectivity index (χ0) is 93.3. The largest absolute Gasteiger partial charge is 0.310 e. The van der Waals surface area contributed by atoms with Crippen molar-refractivity contribution in [3.8, 4) is 111 Å². The van der Waals surface area contributed by atoms with Crippen LogP contribution in [0.4, 0.5) is 34.1 Å². The van der Waals surface area contributed by atoms with Gasteiger partial charge in [0, 0.05) is 39.5 Å². The maximum Gasteiger partial charge on any atom is 0.0720 e. The predicted octanol–water partition coefficient (Wildman–Crippen LogP) is 35.7. The summed E-state index contributed by atoms with van der Waals surface area (Å²) in [6.07, 6.45) is 0. The quantitative estimate of drug-likeness (QED) is 0.0951. The third kappa shape index (κ3) is 14.0. The second-order valence-electron chi connectivity index (χ2n) is 38.0. The van der Waals surface area contributed by atoms with Crippen LogP contribution in [0.25, 0.3) is 111 Å². The van der Waals surface area contributed by atoms with Gasteiger partial charge in [0.15, 0.2) is 0 Å². The summed E-state index contributed by atoms with van der Waals surface area (Å²) in [6.45, 7) is 4.77. The van der Waals surface area contributed by atoms with Crippen molar-refractivity contribution in [1.82, 2.24) is 0 Å². The topological polar surface area (TPSA) is 6.48 Å². The molecule has 0 atom stereocenters. The first-order valence-electron chi connectivity index (χ1n) is 48.8. The van der Waals surface area contributed by atoms with E-state index in [1.807, 2.05) is 0 Å². The Hall–Kier alpha value is -17.6. The maximum atomic E-state index is 2.45. The van der Waals surface area contributed by atoms with Gasteiger partial charge in [0.1, 0.15) is 0 Å². The zero-order valence-corrected chi connectivity index (χ0v) is 78.0. The molecule has 4 aliphatic rings. The van der Waals surface area contributed by atoms with Gasteiger partial charge in [0.25, 0.3) is 0 Å². The van der Waals surface area contributed by atoms with Crippen LogP contribution in [0.2, 0.25) is 0 Å². The molecule has 26 rings (SSSR count). The fourth-order valence-electron chi connectivity index (χ4n) is 23.9. The van der Waals surface area contributed by atoms with Gasteiger partial charge in [-0.25, -0.2) is 0 Å². The number of nitrogens with zero attached hydrogens (tertiary/aromatic N) is 2. The third-order valence-electron chi connectivity index (χ3n) is 30.1. The number of benzene rings is 22. The third-order valence-corrected chi connectivity index (χ3v) is 30.1. The lowest BCUT2D eigenvalue weighted by Gasteiger charge is -2.50. The molecular weight excluding hydrogens is 1690 g/mol.